The molecular formula is C19H22FN3O7S2. The van der Waals surface area contributed by atoms with Crippen LogP contribution in [0.4, 0.5) is 15.8 Å². The summed E-state index contributed by atoms with van der Waals surface area (Å²) < 4.78 is 73.5. The first-order chi connectivity index (χ1) is 14.9. The lowest BCUT2D eigenvalue weighted by molar-refractivity contribution is 0.0691. The van der Waals surface area contributed by atoms with E-state index in [1.807, 2.05) is 4.90 Å². The van der Waals surface area contributed by atoms with Gasteiger partial charge in [0.15, 0.2) is 0 Å². The number of anilines is 2. The number of halogens is 1. The zero-order valence-corrected chi connectivity index (χ0v) is 18.9. The molecule has 0 aliphatic carbocycles. The molecule has 1 aliphatic heterocycles. The Balaban J connectivity index is 2.09. The van der Waals surface area contributed by atoms with Crippen molar-refractivity contribution in [1.29, 1.82) is 0 Å². The zero-order chi connectivity index (χ0) is 23.7. The van der Waals surface area contributed by atoms with Crippen molar-refractivity contribution >= 4 is 37.4 Å². The second-order valence-electron chi connectivity index (χ2n) is 7.12. The van der Waals surface area contributed by atoms with E-state index in [-0.39, 0.29) is 10.6 Å². The van der Waals surface area contributed by atoms with Crippen molar-refractivity contribution in [2.24, 2.45) is 0 Å². The molecule has 0 aromatic heterocycles. The number of carboxylic acid groups (broad SMARTS) is 1. The maximum absolute atomic E-state index is 13.7. The Hall–Kier alpha value is -2.74. The number of ether oxygens (including phenoxy) is 1. The first-order valence-corrected chi connectivity index (χ1v) is 12.3. The molecule has 2 aromatic carbocycles. The number of sulfonamides is 2. The topological polar surface area (TPSA) is 133 Å². The summed E-state index contributed by atoms with van der Waals surface area (Å²) in [6.07, 6.45) is 0. The summed E-state index contributed by atoms with van der Waals surface area (Å²) >= 11 is 0. The number of benzene rings is 2. The van der Waals surface area contributed by atoms with Crippen LogP contribution in [0.15, 0.2) is 46.2 Å². The lowest BCUT2D eigenvalue weighted by Gasteiger charge is -2.31. The van der Waals surface area contributed by atoms with E-state index in [2.05, 4.69) is 4.72 Å². The Kier molecular flexibility index (Phi) is 6.74. The summed E-state index contributed by atoms with van der Waals surface area (Å²) in [6.45, 7) is 1.72. The molecule has 13 heteroatoms. The normalized spacial score (nSPS) is 15.1. The Labute approximate surface area is 185 Å². The number of hydrogen-bond donors (Lipinski definition) is 2. The Bertz CT molecular complexity index is 1240. The average Bonchev–Trinajstić information content (AvgIpc) is 2.73. The lowest BCUT2D eigenvalue weighted by Crippen LogP contribution is -2.37. The van der Waals surface area contributed by atoms with Crippen LogP contribution in [0.25, 0.3) is 0 Å². The number of nitrogens with zero attached hydrogens (tertiary/aromatic N) is 2. The first kappa shape index (κ1) is 23.9. The molecule has 0 spiro atoms. The fraction of sp³-hybridized carbons (Fsp3) is 0.316. The van der Waals surface area contributed by atoms with Gasteiger partial charge in [-0.05, 0) is 36.4 Å². The van der Waals surface area contributed by atoms with Gasteiger partial charge in [0, 0.05) is 27.2 Å². The van der Waals surface area contributed by atoms with E-state index >= 15 is 0 Å². The summed E-state index contributed by atoms with van der Waals surface area (Å²) in [4.78, 5) is 12.4. The van der Waals surface area contributed by atoms with Crippen LogP contribution >= 0.6 is 0 Å². The molecule has 0 bridgehead atoms. The fourth-order valence-corrected chi connectivity index (χ4v) is 5.11. The second kappa shape index (κ2) is 9.02. The number of aromatic carboxylic acids is 1. The van der Waals surface area contributed by atoms with Crippen LogP contribution in [0.1, 0.15) is 10.4 Å². The number of carbonyl (C=O) groups is 1. The maximum Gasteiger partial charge on any atom is 0.338 e. The predicted molar refractivity (Wildman–Crippen MR) is 115 cm³/mol. The van der Waals surface area contributed by atoms with Gasteiger partial charge in [-0.3, -0.25) is 4.72 Å². The molecule has 0 amide bonds. The summed E-state index contributed by atoms with van der Waals surface area (Å²) in [7, 11) is -5.54. The van der Waals surface area contributed by atoms with Crippen LogP contribution in [0.3, 0.4) is 0 Å². The highest BCUT2D eigenvalue weighted by atomic mass is 32.2. The van der Waals surface area contributed by atoms with Gasteiger partial charge in [0.05, 0.1) is 39.9 Å². The van der Waals surface area contributed by atoms with Crippen LogP contribution < -0.4 is 9.62 Å². The van der Waals surface area contributed by atoms with E-state index in [1.54, 1.807) is 0 Å². The van der Waals surface area contributed by atoms with E-state index in [0.717, 1.165) is 16.4 Å². The smallest absolute Gasteiger partial charge is 0.338 e. The number of nitrogens with one attached hydrogen (secondary N) is 1. The molecule has 1 heterocycles. The third kappa shape index (κ3) is 4.85. The van der Waals surface area contributed by atoms with E-state index in [1.165, 1.54) is 32.3 Å². The van der Waals surface area contributed by atoms with Gasteiger partial charge in [-0.25, -0.2) is 30.3 Å². The van der Waals surface area contributed by atoms with Crippen LogP contribution in [0.5, 0.6) is 0 Å². The van der Waals surface area contributed by atoms with Gasteiger partial charge in [-0.15, -0.1) is 0 Å². The van der Waals surface area contributed by atoms with Crippen molar-refractivity contribution in [1.82, 2.24) is 4.31 Å². The number of morpholine rings is 1. The summed E-state index contributed by atoms with van der Waals surface area (Å²) in [5.41, 5.74) is -0.392. The molecule has 1 fully saturated rings. The molecule has 3 rings (SSSR count). The molecule has 2 aromatic rings. The molecule has 2 N–H and O–H groups in total. The highest BCUT2D eigenvalue weighted by Gasteiger charge is 2.25. The average molecular weight is 488 g/mol. The molecule has 0 atom stereocenters. The highest BCUT2D eigenvalue weighted by Crippen LogP contribution is 2.32. The molecule has 0 radical (unpaired) electrons. The molecular weight excluding hydrogens is 465 g/mol. The Morgan fingerprint density at radius 3 is 2.28 bits per heavy atom. The van der Waals surface area contributed by atoms with Crippen molar-refractivity contribution in [3.8, 4) is 0 Å². The molecule has 32 heavy (non-hydrogen) atoms. The van der Waals surface area contributed by atoms with Gasteiger partial charge < -0.3 is 14.7 Å². The van der Waals surface area contributed by atoms with E-state index in [0.29, 0.717) is 38.1 Å². The molecule has 10 nitrogen and oxygen atoms in total. The third-order valence-electron chi connectivity index (χ3n) is 4.82. The largest absolute Gasteiger partial charge is 0.478 e. The van der Waals surface area contributed by atoms with Crippen LogP contribution in [0.2, 0.25) is 0 Å². The Morgan fingerprint density at radius 1 is 1.06 bits per heavy atom. The molecule has 1 aliphatic rings. The van der Waals surface area contributed by atoms with Crippen molar-refractivity contribution in [2.45, 2.75) is 9.79 Å². The monoisotopic (exact) mass is 487 g/mol. The molecule has 174 valence electrons. The summed E-state index contributed by atoms with van der Waals surface area (Å²) in [5, 5.41) is 9.09. The quantitative estimate of drug-likeness (QED) is 0.599. The Morgan fingerprint density at radius 2 is 1.69 bits per heavy atom. The summed E-state index contributed by atoms with van der Waals surface area (Å²) in [5.74, 6) is -2.70. The van der Waals surface area contributed by atoms with Gasteiger partial charge in [0.2, 0.25) is 10.0 Å². The van der Waals surface area contributed by atoms with Crippen molar-refractivity contribution < 1.29 is 35.9 Å². The van der Waals surface area contributed by atoms with Gasteiger partial charge in [0.1, 0.15) is 5.82 Å². The number of carboxylic acids is 1. The van der Waals surface area contributed by atoms with Crippen LogP contribution in [-0.2, 0) is 24.8 Å². The van der Waals surface area contributed by atoms with E-state index in [9.17, 15) is 26.0 Å². The minimum absolute atomic E-state index is 0.0176. The molecule has 0 unspecified atom stereocenters. The lowest BCUT2D eigenvalue weighted by atomic mass is 10.2. The molecule has 1 saturated heterocycles. The third-order valence-corrected chi connectivity index (χ3v) is 8.00. The van der Waals surface area contributed by atoms with Gasteiger partial charge in [-0.1, -0.05) is 0 Å². The van der Waals surface area contributed by atoms with E-state index < -0.39 is 42.3 Å². The van der Waals surface area contributed by atoms with Gasteiger partial charge >= 0.3 is 5.97 Å². The van der Waals surface area contributed by atoms with Crippen molar-refractivity contribution in [2.75, 3.05) is 50.0 Å². The minimum atomic E-state index is -4.38. The standard InChI is InChI=1S/C19H22FN3O7S2/c1-22(2)32(28,29)14-4-6-18(23-7-9-30-10-8-23)17(12-14)21-31(26,27)13-3-5-16(20)15(11-13)19(24)25/h3-6,11-12,21H,7-10H2,1-2H3,(H,24,25). The van der Waals surface area contributed by atoms with E-state index in [4.69, 9.17) is 9.84 Å². The summed E-state index contributed by atoms with van der Waals surface area (Å²) in [6, 6.07) is 6.44. The molecule has 0 saturated carbocycles. The fourth-order valence-electron chi connectivity index (χ4n) is 3.09. The SMILES string of the molecule is CN(C)S(=O)(=O)c1ccc(N2CCOCC2)c(NS(=O)(=O)c2ccc(F)c(C(=O)O)c2)c1. The van der Waals surface area contributed by atoms with Crippen molar-refractivity contribution in [3.05, 3.63) is 47.8 Å². The van der Waals surface area contributed by atoms with Crippen LogP contribution in [-0.4, -0.2) is 72.6 Å². The maximum atomic E-state index is 13.7. The van der Waals surface area contributed by atoms with Gasteiger partial charge in [0.25, 0.3) is 10.0 Å². The highest BCUT2D eigenvalue weighted by molar-refractivity contribution is 7.92. The van der Waals surface area contributed by atoms with Crippen molar-refractivity contribution in [3.63, 3.8) is 0 Å². The van der Waals surface area contributed by atoms with Gasteiger partial charge in [-0.2, -0.15) is 0 Å². The zero-order valence-electron chi connectivity index (χ0n) is 17.3. The number of rotatable bonds is 7. The van der Waals surface area contributed by atoms with Crippen LogP contribution in [0, 0.1) is 5.82 Å². The first-order valence-electron chi connectivity index (χ1n) is 9.38. The number of hydrogen-bond acceptors (Lipinski definition) is 7. The predicted octanol–water partition coefficient (Wildman–Crippen LogP) is 1.41. The minimum Gasteiger partial charge on any atom is -0.478 e. The second-order valence-corrected chi connectivity index (χ2v) is 11.0.